The maximum Gasteiger partial charge on any atom is 0.225 e. The van der Waals surface area contributed by atoms with Crippen LogP contribution in [0.1, 0.15) is 93.3 Å². The summed E-state index contributed by atoms with van der Waals surface area (Å²) in [7, 11) is 0. The van der Waals surface area contributed by atoms with E-state index < -0.39 is 0 Å². The third kappa shape index (κ3) is 9.07. The number of fused-ring (bicyclic) bond motifs is 1. The number of hydrogen-bond donors (Lipinski definition) is 4. The summed E-state index contributed by atoms with van der Waals surface area (Å²) in [5.74, 6) is 4.74. The molecule has 8 nitrogen and oxygen atoms in total. The summed E-state index contributed by atoms with van der Waals surface area (Å²) in [6.07, 6.45) is 0. The molecule has 1 aliphatic carbocycles. The molecule has 1 aliphatic rings. The molecule has 2 atom stereocenters. The highest BCUT2D eigenvalue weighted by molar-refractivity contribution is 5.85. The maximum absolute atomic E-state index is 5.37. The molecule has 1 saturated carbocycles. The van der Waals surface area contributed by atoms with E-state index in [1.165, 1.54) is 27.5 Å². The summed E-state index contributed by atoms with van der Waals surface area (Å²) in [4.78, 5) is 20.6. The molecular weight excluding hydrogens is 677 g/mol. The summed E-state index contributed by atoms with van der Waals surface area (Å²) >= 11 is 0. The molecule has 0 aliphatic heterocycles. The van der Waals surface area contributed by atoms with Crippen LogP contribution in [0.25, 0.3) is 10.8 Å². The fourth-order valence-electron chi connectivity index (χ4n) is 7.81. The van der Waals surface area contributed by atoms with Crippen molar-refractivity contribution in [1.82, 2.24) is 19.9 Å². The minimum Gasteiger partial charge on any atom is -0.370 e. The van der Waals surface area contributed by atoms with Crippen LogP contribution in [0.5, 0.6) is 0 Å². The van der Waals surface area contributed by atoms with Crippen molar-refractivity contribution in [2.75, 3.05) is 40.9 Å². The van der Waals surface area contributed by atoms with Crippen LogP contribution in [0.2, 0.25) is 0 Å². The standard InChI is InChI=1S/C47H56N8/c1-30(2)26-48-40-24-38(52-46(54-40)50-28-32(5)6)44-42(34-17-9-7-10-18-34)45(43(44)35-19-11-8-12-20-35)39-25-41(49-27-31(3)4)55-47(53-39)51-29-36-22-15-21-33-16-13-14-23-37(33)36/h7-25,30-32,42-45H,26-29H2,1-6H3,(H2,48,50,52,54)(H2,49,51,53,55)/t42-,43-,44?,45?/m0/s1. The zero-order valence-corrected chi connectivity index (χ0v) is 33.1. The molecule has 0 saturated heterocycles. The van der Waals surface area contributed by atoms with Crippen LogP contribution in [0, 0.1) is 17.8 Å². The first-order valence-electron chi connectivity index (χ1n) is 20.0. The van der Waals surface area contributed by atoms with Crippen LogP contribution in [0.15, 0.2) is 115 Å². The second kappa shape index (κ2) is 17.3. The van der Waals surface area contributed by atoms with Gasteiger partial charge in [-0.05, 0) is 45.2 Å². The van der Waals surface area contributed by atoms with Crippen LogP contribution >= 0.6 is 0 Å². The van der Waals surface area contributed by atoms with Gasteiger partial charge in [-0.15, -0.1) is 0 Å². The van der Waals surface area contributed by atoms with Crippen LogP contribution < -0.4 is 21.3 Å². The Morgan fingerprint density at radius 2 is 0.909 bits per heavy atom. The highest BCUT2D eigenvalue weighted by Crippen LogP contribution is 2.66. The van der Waals surface area contributed by atoms with Gasteiger partial charge in [0.05, 0.1) is 11.4 Å². The van der Waals surface area contributed by atoms with Crippen molar-refractivity contribution in [3.05, 3.63) is 143 Å². The Morgan fingerprint density at radius 1 is 0.455 bits per heavy atom. The lowest BCUT2D eigenvalue weighted by Gasteiger charge is -2.52. The van der Waals surface area contributed by atoms with Crippen molar-refractivity contribution in [1.29, 1.82) is 0 Å². The van der Waals surface area contributed by atoms with Crippen molar-refractivity contribution >= 4 is 34.3 Å². The zero-order valence-electron chi connectivity index (χ0n) is 33.1. The maximum atomic E-state index is 5.37. The Balaban J connectivity index is 1.34. The molecule has 0 bridgehead atoms. The first kappa shape index (κ1) is 37.8. The van der Waals surface area contributed by atoms with E-state index in [4.69, 9.17) is 19.9 Å². The Kier molecular flexibility index (Phi) is 11.9. The van der Waals surface area contributed by atoms with Gasteiger partial charge < -0.3 is 21.3 Å². The summed E-state index contributed by atoms with van der Waals surface area (Å²) in [6, 6.07) is 41.2. The fraction of sp³-hybridized carbons (Fsp3) is 0.362. The summed E-state index contributed by atoms with van der Waals surface area (Å²) in [6.45, 7) is 16.4. The van der Waals surface area contributed by atoms with Crippen LogP contribution in [0.4, 0.5) is 23.5 Å². The third-order valence-electron chi connectivity index (χ3n) is 10.5. The highest BCUT2D eigenvalue weighted by atomic mass is 15.2. The number of nitrogens with zero attached hydrogens (tertiary/aromatic N) is 4. The monoisotopic (exact) mass is 732 g/mol. The second-order valence-corrected chi connectivity index (χ2v) is 16.2. The van der Waals surface area contributed by atoms with Gasteiger partial charge in [-0.1, -0.05) is 145 Å². The Hall–Kier alpha value is -5.50. The van der Waals surface area contributed by atoms with Crippen LogP contribution in [0.3, 0.4) is 0 Å². The number of hydrogen-bond acceptors (Lipinski definition) is 8. The van der Waals surface area contributed by atoms with Gasteiger partial charge in [0.1, 0.15) is 11.6 Å². The molecule has 8 heteroatoms. The van der Waals surface area contributed by atoms with Gasteiger partial charge in [-0.2, -0.15) is 9.97 Å². The molecule has 0 amide bonds. The largest absolute Gasteiger partial charge is 0.370 e. The smallest absolute Gasteiger partial charge is 0.225 e. The normalized spacial score (nSPS) is 18.1. The number of anilines is 4. The van der Waals surface area contributed by atoms with E-state index in [1.807, 2.05) is 0 Å². The minimum atomic E-state index is 0.0598. The first-order valence-corrected chi connectivity index (χ1v) is 20.0. The van der Waals surface area contributed by atoms with Gasteiger partial charge in [0.2, 0.25) is 11.9 Å². The first-order chi connectivity index (χ1) is 26.7. The zero-order chi connectivity index (χ0) is 38.3. The van der Waals surface area contributed by atoms with Gasteiger partial charge in [-0.3, -0.25) is 0 Å². The summed E-state index contributed by atoms with van der Waals surface area (Å²) in [5, 5.41) is 16.9. The summed E-state index contributed by atoms with van der Waals surface area (Å²) in [5.41, 5.74) is 5.82. The fourth-order valence-corrected chi connectivity index (χ4v) is 7.81. The van der Waals surface area contributed by atoms with Gasteiger partial charge in [0.15, 0.2) is 0 Å². The van der Waals surface area contributed by atoms with E-state index >= 15 is 0 Å². The lowest BCUT2D eigenvalue weighted by atomic mass is 9.50. The number of aromatic nitrogens is 4. The van der Waals surface area contributed by atoms with Crippen molar-refractivity contribution in [3.8, 4) is 0 Å². The predicted molar refractivity (Wildman–Crippen MR) is 229 cm³/mol. The van der Waals surface area contributed by atoms with Crippen molar-refractivity contribution in [2.45, 2.75) is 71.8 Å². The van der Waals surface area contributed by atoms with Crippen molar-refractivity contribution in [3.63, 3.8) is 0 Å². The van der Waals surface area contributed by atoms with Gasteiger partial charge in [0, 0.05) is 62.0 Å². The number of nitrogens with one attached hydrogen (secondary N) is 4. The number of rotatable bonds is 16. The molecule has 0 radical (unpaired) electrons. The Labute approximate surface area is 327 Å². The Bertz CT molecular complexity index is 2070. The molecule has 1 fully saturated rings. The lowest BCUT2D eigenvalue weighted by Crippen LogP contribution is -2.41. The third-order valence-corrected chi connectivity index (χ3v) is 10.5. The average molecular weight is 733 g/mol. The van der Waals surface area contributed by atoms with Gasteiger partial charge in [-0.25, -0.2) is 9.97 Å². The average Bonchev–Trinajstić information content (AvgIpc) is 3.18. The predicted octanol–water partition coefficient (Wildman–Crippen LogP) is 10.7. The minimum absolute atomic E-state index is 0.0598. The topological polar surface area (TPSA) is 99.7 Å². The van der Waals surface area contributed by atoms with Gasteiger partial charge >= 0.3 is 0 Å². The SMILES string of the molecule is CC(C)CNc1cc(C2[C@@H](c3ccccc3)C(c3cc(NCC(C)C)nc(NCC(C)C)n3)[C@@H]2c2ccccc2)nc(NCc2cccc3ccccc23)n1. The molecule has 2 aromatic heterocycles. The van der Waals surface area contributed by atoms with Crippen LogP contribution in [-0.4, -0.2) is 39.6 Å². The quantitative estimate of drug-likeness (QED) is 0.0780. The lowest BCUT2D eigenvalue weighted by molar-refractivity contribution is 0.220. The van der Waals surface area contributed by atoms with E-state index in [-0.39, 0.29) is 23.7 Å². The molecule has 0 spiro atoms. The molecule has 4 N–H and O–H groups in total. The second-order valence-electron chi connectivity index (χ2n) is 16.2. The van der Waals surface area contributed by atoms with E-state index in [2.05, 4.69) is 178 Å². The molecule has 55 heavy (non-hydrogen) atoms. The van der Waals surface area contributed by atoms with Crippen LogP contribution in [-0.2, 0) is 6.54 Å². The molecule has 6 aromatic rings. The molecule has 0 unspecified atom stereocenters. The molecule has 2 heterocycles. The van der Waals surface area contributed by atoms with E-state index in [1.54, 1.807) is 0 Å². The molecule has 4 aromatic carbocycles. The van der Waals surface area contributed by atoms with Crippen molar-refractivity contribution in [2.24, 2.45) is 17.8 Å². The number of benzene rings is 4. The van der Waals surface area contributed by atoms with Crippen molar-refractivity contribution < 1.29 is 0 Å². The molecule has 7 rings (SSSR count). The van der Waals surface area contributed by atoms with E-state index in [9.17, 15) is 0 Å². The van der Waals surface area contributed by atoms with E-state index in [0.29, 0.717) is 36.2 Å². The Morgan fingerprint density at radius 3 is 1.44 bits per heavy atom. The highest BCUT2D eigenvalue weighted by Gasteiger charge is 2.54. The molecule has 284 valence electrons. The molecular formula is C47H56N8. The summed E-state index contributed by atoms with van der Waals surface area (Å²) < 4.78 is 0. The van der Waals surface area contributed by atoms with E-state index in [0.717, 1.165) is 42.7 Å². The van der Waals surface area contributed by atoms with Gasteiger partial charge in [0.25, 0.3) is 0 Å².